The highest BCUT2D eigenvalue weighted by Gasteiger charge is 2.45. The van der Waals surface area contributed by atoms with Crippen LogP contribution in [0.5, 0.6) is 11.5 Å². The van der Waals surface area contributed by atoms with Gasteiger partial charge in [0.15, 0.2) is 11.7 Å². The highest BCUT2D eigenvalue weighted by atomic mass is 16.8. The number of phenols is 1. The zero-order valence-corrected chi connectivity index (χ0v) is 22.1. The number of rotatable bonds is 15. The lowest BCUT2D eigenvalue weighted by molar-refractivity contribution is -0.0775. The van der Waals surface area contributed by atoms with E-state index >= 15 is 0 Å². The number of aromatic hydroxyl groups is 1. The van der Waals surface area contributed by atoms with E-state index in [1.54, 1.807) is 19.1 Å². The minimum absolute atomic E-state index is 0.0184. The van der Waals surface area contributed by atoms with Gasteiger partial charge in [-0.3, -0.25) is 0 Å². The average molecular weight is 493 g/mol. The largest absolute Gasteiger partial charge is 0.514 e. The van der Waals surface area contributed by atoms with E-state index < -0.39 is 24.0 Å². The summed E-state index contributed by atoms with van der Waals surface area (Å²) < 4.78 is 21.1. The highest BCUT2D eigenvalue weighted by Crippen LogP contribution is 2.31. The number of phenolic OH excluding ortho intramolecular Hbond substituents is 1. The van der Waals surface area contributed by atoms with Crippen LogP contribution in [0.25, 0.3) is 0 Å². The molecular weight excluding hydrogens is 448 g/mol. The van der Waals surface area contributed by atoms with Gasteiger partial charge in [0, 0.05) is 6.07 Å². The molecular formula is C28H44O7. The molecule has 0 aliphatic carbocycles. The molecule has 0 amide bonds. The van der Waals surface area contributed by atoms with Crippen molar-refractivity contribution in [2.24, 2.45) is 17.8 Å². The quantitative estimate of drug-likeness (QED) is 0.199. The Hall–Kier alpha value is -2.44. The molecule has 1 aromatic carbocycles. The van der Waals surface area contributed by atoms with E-state index in [0.717, 1.165) is 24.7 Å². The summed E-state index contributed by atoms with van der Waals surface area (Å²) in [4.78, 5) is 24.0. The van der Waals surface area contributed by atoms with Gasteiger partial charge in [-0.25, -0.2) is 9.59 Å². The fourth-order valence-corrected chi connectivity index (χ4v) is 4.54. The Morgan fingerprint density at radius 2 is 1.69 bits per heavy atom. The third-order valence-corrected chi connectivity index (χ3v) is 6.85. The third-order valence-electron chi connectivity index (χ3n) is 6.85. The predicted octanol–water partition coefficient (Wildman–Crippen LogP) is 7.64. The maximum atomic E-state index is 12.5. The average Bonchev–Trinajstić information content (AvgIpc) is 3.20. The Bertz CT molecular complexity index is 793. The molecule has 35 heavy (non-hydrogen) atoms. The molecule has 0 radical (unpaired) electrons. The molecule has 1 fully saturated rings. The van der Waals surface area contributed by atoms with E-state index in [1.165, 1.54) is 50.7 Å². The Kier molecular flexibility index (Phi) is 11.7. The van der Waals surface area contributed by atoms with Crippen LogP contribution in [0.2, 0.25) is 0 Å². The molecule has 1 N–H and O–H groups in total. The molecule has 0 aromatic heterocycles. The first-order chi connectivity index (χ1) is 16.6. The molecule has 7 heteroatoms. The maximum Gasteiger partial charge on any atom is 0.514 e. The van der Waals surface area contributed by atoms with Crippen LogP contribution < -0.4 is 4.74 Å². The highest BCUT2D eigenvalue weighted by molar-refractivity contribution is 5.65. The number of carbonyl (C=O) groups excluding carboxylic acids is 2. The van der Waals surface area contributed by atoms with E-state index in [-0.39, 0.29) is 18.1 Å². The summed E-state index contributed by atoms with van der Waals surface area (Å²) in [7, 11) is 0. The minimum Gasteiger partial charge on any atom is -0.508 e. The van der Waals surface area contributed by atoms with Crippen molar-refractivity contribution in [3.63, 3.8) is 0 Å². The van der Waals surface area contributed by atoms with Crippen molar-refractivity contribution in [2.75, 3.05) is 6.61 Å². The molecule has 1 saturated heterocycles. The lowest BCUT2D eigenvalue weighted by Crippen LogP contribution is -2.46. The number of ether oxygens (including phenoxy) is 4. The predicted molar refractivity (Wildman–Crippen MR) is 135 cm³/mol. The van der Waals surface area contributed by atoms with E-state index in [0.29, 0.717) is 12.3 Å². The summed E-state index contributed by atoms with van der Waals surface area (Å²) in [6.07, 6.45) is 7.54. The lowest BCUT2D eigenvalue weighted by Gasteiger charge is -2.32. The van der Waals surface area contributed by atoms with Crippen LogP contribution in [0.4, 0.5) is 9.59 Å². The van der Waals surface area contributed by atoms with Crippen LogP contribution in [-0.4, -0.2) is 35.7 Å². The van der Waals surface area contributed by atoms with Crippen LogP contribution in [0.15, 0.2) is 24.3 Å². The van der Waals surface area contributed by atoms with Crippen molar-refractivity contribution >= 4 is 12.3 Å². The fraction of sp³-hybridized carbons (Fsp3) is 0.714. The Morgan fingerprint density at radius 1 is 1.06 bits per heavy atom. The summed E-state index contributed by atoms with van der Waals surface area (Å²) in [5, 5.41) is 9.57. The second kappa shape index (κ2) is 14.2. The van der Waals surface area contributed by atoms with Crippen molar-refractivity contribution in [2.45, 2.75) is 104 Å². The van der Waals surface area contributed by atoms with E-state index in [4.69, 9.17) is 18.9 Å². The van der Waals surface area contributed by atoms with Gasteiger partial charge in [0.1, 0.15) is 18.1 Å². The summed E-state index contributed by atoms with van der Waals surface area (Å²) >= 11 is 0. The van der Waals surface area contributed by atoms with Crippen molar-refractivity contribution in [1.29, 1.82) is 0 Å². The van der Waals surface area contributed by atoms with Gasteiger partial charge in [0.05, 0.1) is 0 Å². The van der Waals surface area contributed by atoms with E-state index in [1.807, 2.05) is 0 Å². The molecule has 0 bridgehead atoms. The van der Waals surface area contributed by atoms with Crippen molar-refractivity contribution < 1.29 is 33.6 Å². The molecule has 198 valence electrons. The Balaban J connectivity index is 1.80. The molecule has 1 aliphatic rings. The van der Waals surface area contributed by atoms with Crippen molar-refractivity contribution in [3.8, 4) is 11.5 Å². The van der Waals surface area contributed by atoms with E-state index in [2.05, 4.69) is 27.7 Å². The SMILES string of the molecule is CC(C)CCCC(C)CCCC(C)CCCC(C)(OC(=O)Oc1cccc(O)c1)C1COC(=O)O1. The second-order valence-corrected chi connectivity index (χ2v) is 10.8. The molecule has 0 saturated carbocycles. The zero-order chi connectivity index (χ0) is 25.8. The molecule has 1 aromatic rings. The molecule has 0 spiro atoms. The number of hydrogen-bond acceptors (Lipinski definition) is 7. The van der Waals surface area contributed by atoms with Crippen LogP contribution in [0.1, 0.15) is 92.4 Å². The zero-order valence-electron chi connectivity index (χ0n) is 22.1. The lowest BCUT2D eigenvalue weighted by atomic mass is 9.88. The van der Waals surface area contributed by atoms with E-state index in [9.17, 15) is 14.7 Å². The normalized spacial score (nSPS) is 18.9. The maximum absolute atomic E-state index is 12.5. The molecule has 4 atom stereocenters. The van der Waals surface area contributed by atoms with Crippen LogP contribution >= 0.6 is 0 Å². The number of carbonyl (C=O) groups is 2. The summed E-state index contributed by atoms with van der Waals surface area (Å²) in [5.41, 5.74) is -1.08. The van der Waals surface area contributed by atoms with Gasteiger partial charge in [-0.2, -0.15) is 0 Å². The summed E-state index contributed by atoms with van der Waals surface area (Å²) in [6.45, 7) is 10.9. The standard InChI is InChI=1S/C28H44O7/c1-20(2)10-6-11-21(3)12-7-13-22(4)14-9-17-28(5,25-19-32-26(30)34-25)35-27(31)33-24-16-8-15-23(29)18-24/h8,15-16,18,20-22,25,29H,6-7,9-14,17,19H2,1-5H3. The number of benzene rings is 1. The fourth-order valence-electron chi connectivity index (χ4n) is 4.54. The van der Waals surface area contributed by atoms with Gasteiger partial charge < -0.3 is 24.1 Å². The summed E-state index contributed by atoms with van der Waals surface area (Å²) in [5.74, 6) is 2.26. The second-order valence-electron chi connectivity index (χ2n) is 10.8. The third kappa shape index (κ3) is 10.8. The van der Waals surface area contributed by atoms with Gasteiger partial charge in [0.2, 0.25) is 0 Å². The molecule has 1 heterocycles. The van der Waals surface area contributed by atoms with Crippen molar-refractivity contribution in [1.82, 2.24) is 0 Å². The van der Waals surface area contributed by atoms with Gasteiger partial charge in [0.25, 0.3) is 0 Å². The van der Waals surface area contributed by atoms with Crippen LogP contribution in [-0.2, 0) is 14.2 Å². The number of hydrogen-bond donors (Lipinski definition) is 1. The van der Waals surface area contributed by atoms with Gasteiger partial charge in [-0.05, 0) is 49.7 Å². The minimum atomic E-state index is -1.08. The van der Waals surface area contributed by atoms with Gasteiger partial charge >= 0.3 is 12.3 Å². The first-order valence-corrected chi connectivity index (χ1v) is 13.1. The monoisotopic (exact) mass is 492 g/mol. The smallest absolute Gasteiger partial charge is 0.508 e. The first-order valence-electron chi connectivity index (χ1n) is 13.1. The van der Waals surface area contributed by atoms with Crippen LogP contribution in [0, 0.1) is 17.8 Å². The molecule has 2 rings (SSSR count). The van der Waals surface area contributed by atoms with Gasteiger partial charge in [-0.1, -0.05) is 78.7 Å². The Morgan fingerprint density at radius 3 is 2.26 bits per heavy atom. The first kappa shape index (κ1) is 28.8. The topological polar surface area (TPSA) is 91.3 Å². The molecule has 7 nitrogen and oxygen atoms in total. The Labute approximate surface area is 210 Å². The molecule has 1 aliphatic heterocycles. The number of cyclic esters (lactones) is 2. The molecule has 4 unspecified atom stereocenters. The van der Waals surface area contributed by atoms with Gasteiger partial charge in [-0.15, -0.1) is 0 Å². The van der Waals surface area contributed by atoms with Crippen molar-refractivity contribution in [3.05, 3.63) is 24.3 Å². The summed E-state index contributed by atoms with van der Waals surface area (Å²) in [6, 6.07) is 5.91. The van der Waals surface area contributed by atoms with Crippen LogP contribution in [0.3, 0.4) is 0 Å².